The van der Waals surface area contributed by atoms with Crippen LogP contribution in [0, 0.1) is 0 Å². The predicted molar refractivity (Wildman–Crippen MR) is 78.8 cm³/mol. The van der Waals surface area contributed by atoms with E-state index < -0.39 is 0 Å². The van der Waals surface area contributed by atoms with Gasteiger partial charge in [-0.05, 0) is 34.4 Å². The van der Waals surface area contributed by atoms with Crippen molar-refractivity contribution in [3.05, 3.63) is 64.7 Å². The lowest BCUT2D eigenvalue weighted by Crippen LogP contribution is -2.36. The van der Waals surface area contributed by atoms with Gasteiger partial charge in [-0.3, -0.25) is 0 Å². The van der Waals surface area contributed by atoms with Crippen molar-refractivity contribution in [3.63, 3.8) is 0 Å². The summed E-state index contributed by atoms with van der Waals surface area (Å²) in [7, 11) is 0. The van der Waals surface area contributed by atoms with Crippen LogP contribution in [-0.4, -0.2) is 5.11 Å². The standard InChI is InChI=1S/C18H20O/c1-17(2)13-7-5-6-8-14(13)18(3,4)16-11-12(19)9-10-15(16)17/h5-11,19H,1-4H3. The van der Waals surface area contributed by atoms with Gasteiger partial charge >= 0.3 is 0 Å². The third-order valence-electron chi connectivity index (χ3n) is 4.62. The molecule has 0 unspecified atom stereocenters. The Hall–Kier alpha value is -1.76. The van der Waals surface area contributed by atoms with E-state index in [4.69, 9.17) is 0 Å². The summed E-state index contributed by atoms with van der Waals surface area (Å²) >= 11 is 0. The third kappa shape index (κ3) is 1.54. The summed E-state index contributed by atoms with van der Waals surface area (Å²) < 4.78 is 0. The molecule has 98 valence electrons. The number of hydrogen-bond donors (Lipinski definition) is 1. The van der Waals surface area contributed by atoms with Crippen molar-refractivity contribution in [1.82, 2.24) is 0 Å². The van der Waals surface area contributed by atoms with Gasteiger partial charge in [0.2, 0.25) is 0 Å². The first kappa shape index (κ1) is 12.3. The summed E-state index contributed by atoms with van der Waals surface area (Å²) in [5.41, 5.74) is 5.21. The van der Waals surface area contributed by atoms with Crippen LogP contribution < -0.4 is 0 Å². The van der Waals surface area contributed by atoms with Crippen LogP contribution in [-0.2, 0) is 10.8 Å². The smallest absolute Gasteiger partial charge is 0.115 e. The molecule has 3 rings (SSSR count). The lowest BCUT2D eigenvalue weighted by atomic mass is 9.60. The van der Waals surface area contributed by atoms with E-state index in [1.54, 1.807) is 6.07 Å². The largest absolute Gasteiger partial charge is 0.508 e. The summed E-state index contributed by atoms with van der Waals surface area (Å²) in [4.78, 5) is 0. The van der Waals surface area contributed by atoms with E-state index in [0.717, 1.165) is 0 Å². The van der Waals surface area contributed by atoms with Crippen LogP contribution in [0.25, 0.3) is 0 Å². The number of phenols is 1. The van der Waals surface area contributed by atoms with Crippen LogP contribution in [0.5, 0.6) is 5.75 Å². The topological polar surface area (TPSA) is 20.2 Å². The molecule has 1 heteroatoms. The summed E-state index contributed by atoms with van der Waals surface area (Å²) in [6, 6.07) is 14.4. The van der Waals surface area contributed by atoms with E-state index in [1.807, 2.05) is 6.07 Å². The minimum atomic E-state index is -0.0693. The van der Waals surface area contributed by atoms with E-state index >= 15 is 0 Å². The molecule has 0 fully saturated rings. The molecule has 1 N–H and O–H groups in total. The van der Waals surface area contributed by atoms with Crippen molar-refractivity contribution >= 4 is 0 Å². The molecule has 1 aliphatic carbocycles. The minimum absolute atomic E-state index is 0.0187. The number of rotatable bonds is 0. The van der Waals surface area contributed by atoms with E-state index in [1.165, 1.54) is 22.3 Å². The molecule has 0 aliphatic heterocycles. The molecule has 0 radical (unpaired) electrons. The monoisotopic (exact) mass is 252 g/mol. The Balaban J connectivity index is 2.40. The Labute approximate surface area is 114 Å². The van der Waals surface area contributed by atoms with Crippen LogP contribution in [0.15, 0.2) is 42.5 Å². The van der Waals surface area contributed by atoms with Gasteiger partial charge in [-0.15, -0.1) is 0 Å². The maximum absolute atomic E-state index is 9.84. The number of benzene rings is 2. The SMILES string of the molecule is CC1(C)c2ccccc2C(C)(C)c2cc(O)ccc21. The molecule has 0 heterocycles. The molecule has 0 spiro atoms. The highest BCUT2D eigenvalue weighted by molar-refractivity contribution is 5.59. The molecule has 0 amide bonds. The van der Waals surface area contributed by atoms with Crippen molar-refractivity contribution in [2.45, 2.75) is 38.5 Å². The fourth-order valence-electron chi connectivity index (χ4n) is 3.46. The minimum Gasteiger partial charge on any atom is -0.508 e. The van der Waals surface area contributed by atoms with Crippen LogP contribution in [0.3, 0.4) is 0 Å². The first-order valence-corrected chi connectivity index (χ1v) is 6.79. The number of hydrogen-bond acceptors (Lipinski definition) is 1. The summed E-state index contributed by atoms with van der Waals surface area (Å²) in [5.74, 6) is 0.349. The van der Waals surface area contributed by atoms with Gasteiger partial charge in [0.15, 0.2) is 0 Å². The molecule has 19 heavy (non-hydrogen) atoms. The molecule has 0 atom stereocenters. The van der Waals surface area contributed by atoms with E-state index in [0.29, 0.717) is 5.75 Å². The highest BCUT2D eigenvalue weighted by Crippen LogP contribution is 2.50. The average Bonchev–Trinajstić information content (AvgIpc) is 2.37. The van der Waals surface area contributed by atoms with Gasteiger partial charge in [0.1, 0.15) is 5.75 Å². The normalized spacial score (nSPS) is 18.5. The van der Waals surface area contributed by atoms with Crippen molar-refractivity contribution in [3.8, 4) is 5.75 Å². The van der Waals surface area contributed by atoms with Crippen molar-refractivity contribution in [2.24, 2.45) is 0 Å². The second kappa shape index (κ2) is 3.63. The maximum atomic E-state index is 9.84. The van der Waals surface area contributed by atoms with Gasteiger partial charge in [0, 0.05) is 10.8 Å². The average molecular weight is 252 g/mol. The fourth-order valence-corrected chi connectivity index (χ4v) is 3.46. The van der Waals surface area contributed by atoms with Crippen molar-refractivity contribution < 1.29 is 5.11 Å². The highest BCUT2D eigenvalue weighted by atomic mass is 16.3. The first-order valence-electron chi connectivity index (χ1n) is 6.79. The van der Waals surface area contributed by atoms with Crippen LogP contribution >= 0.6 is 0 Å². The van der Waals surface area contributed by atoms with Crippen molar-refractivity contribution in [1.29, 1.82) is 0 Å². The van der Waals surface area contributed by atoms with Gasteiger partial charge in [0.05, 0.1) is 0 Å². The third-order valence-corrected chi connectivity index (χ3v) is 4.62. The van der Waals surface area contributed by atoms with Gasteiger partial charge < -0.3 is 5.11 Å². The lowest BCUT2D eigenvalue weighted by molar-refractivity contribution is 0.465. The lowest BCUT2D eigenvalue weighted by Gasteiger charge is -2.43. The summed E-state index contributed by atoms with van der Waals surface area (Å²) in [5, 5.41) is 9.84. The maximum Gasteiger partial charge on any atom is 0.115 e. The van der Waals surface area contributed by atoms with Gasteiger partial charge in [-0.25, -0.2) is 0 Å². The zero-order valence-electron chi connectivity index (χ0n) is 12.0. The molecule has 1 nitrogen and oxygen atoms in total. The molecule has 0 saturated carbocycles. The number of fused-ring (bicyclic) bond motifs is 2. The van der Waals surface area contributed by atoms with Crippen LogP contribution in [0.4, 0.5) is 0 Å². The van der Waals surface area contributed by atoms with E-state index in [-0.39, 0.29) is 10.8 Å². The predicted octanol–water partition coefficient (Wildman–Crippen LogP) is 4.36. The van der Waals surface area contributed by atoms with Gasteiger partial charge in [0.25, 0.3) is 0 Å². The van der Waals surface area contributed by atoms with Crippen LogP contribution in [0.1, 0.15) is 49.9 Å². The number of phenolic OH excluding ortho intramolecular Hbond substituents is 1. The Morgan fingerprint density at radius 1 is 0.684 bits per heavy atom. The molecule has 2 aromatic carbocycles. The molecule has 1 aliphatic rings. The van der Waals surface area contributed by atoms with Gasteiger partial charge in [-0.1, -0.05) is 58.0 Å². The first-order chi connectivity index (χ1) is 8.85. The Kier molecular flexibility index (Phi) is 2.35. The summed E-state index contributed by atoms with van der Waals surface area (Å²) in [6.07, 6.45) is 0. The Bertz CT molecular complexity index is 650. The Morgan fingerprint density at radius 2 is 1.16 bits per heavy atom. The Morgan fingerprint density at radius 3 is 1.74 bits per heavy atom. The van der Waals surface area contributed by atoms with Gasteiger partial charge in [-0.2, -0.15) is 0 Å². The fraction of sp³-hybridized carbons (Fsp3) is 0.333. The zero-order chi connectivity index (χ0) is 13.8. The van der Waals surface area contributed by atoms with Crippen molar-refractivity contribution in [2.75, 3.05) is 0 Å². The summed E-state index contributed by atoms with van der Waals surface area (Å²) in [6.45, 7) is 8.99. The molecular formula is C18H20O. The number of aromatic hydroxyl groups is 1. The van der Waals surface area contributed by atoms with E-state index in [2.05, 4.69) is 58.0 Å². The highest BCUT2D eigenvalue weighted by Gasteiger charge is 2.41. The van der Waals surface area contributed by atoms with E-state index in [9.17, 15) is 5.11 Å². The second-order valence-corrected chi connectivity index (χ2v) is 6.53. The molecule has 0 saturated heterocycles. The molecule has 0 bridgehead atoms. The molecular weight excluding hydrogens is 232 g/mol. The second-order valence-electron chi connectivity index (χ2n) is 6.53. The zero-order valence-corrected chi connectivity index (χ0v) is 12.0. The quantitative estimate of drug-likeness (QED) is 0.738. The molecule has 0 aromatic heterocycles. The molecule has 2 aromatic rings. The van der Waals surface area contributed by atoms with Crippen LogP contribution in [0.2, 0.25) is 0 Å².